The summed E-state index contributed by atoms with van der Waals surface area (Å²) in [7, 11) is 0. The molecule has 0 spiro atoms. The van der Waals surface area contributed by atoms with Gasteiger partial charge in [0.1, 0.15) is 10.0 Å². The Labute approximate surface area is 119 Å². The number of hydrogen-bond acceptors (Lipinski definition) is 4. The van der Waals surface area contributed by atoms with E-state index in [1.807, 2.05) is 0 Å². The first-order valence-electron chi connectivity index (χ1n) is 6.73. The summed E-state index contributed by atoms with van der Waals surface area (Å²) in [6, 6.07) is 9.14. The molecule has 3 nitrogen and oxygen atoms in total. The number of aromatic nitrogens is 2. The van der Waals surface area contributed by atoms with Crippen molar-refractivity contribution in [2.24, 2.45) is 0 Å². The topological polar surface area (TPSA) is 37.8 Å². The largest absolute Gasteiger partial charge is 0.308 e. The third kappa shape index (κ3) is 4.73. The zero-order valence-corrected chi connectivity index (χ0v) is 12.6. The summed E-state index contributed by atoms with van der Waals surface area (Å²) in [4.78, 5) is 0. The van der Waals surface area contributed by atoms with Gasteiger partial charge in [0.05, 0.1) is 0 Å². The molecule has 1 N–H and O–H groups in total. The number of aryl methyl sites for hydroxylation is 3. The van der Waals surface area contributed by atoms with Gasteiger partial charge in [-0.3, -0.25) is 0 Å². The lowest BCUT2D eigenvalue weighted by atomic mass is 10.1. The SMILES string of the molecule is Cc1cccc(CCc2nnc(CNC(C)C)s2)c1. The number of nitrogens with zero attached hydrogens (tertiary/aromatic N) is 2. The van der Waals surface area contributed by atoms with Crippen molar-refractivity contribution in [1.82, 2.24) is 15.5 Å². The molecular formula is C15H21N3S. The fourth-order valence-electron chi connectivity index (χ4n) is 1.87. The molecule has 0 aliphatic carbocycles. The Morgan fingerprint density at radius 1 is 1.16 bits per heavy atom. The van der Waals surface area contributed by atoms with E-state index in [0.29, 0.717) is 6.04 Å². The van der Waals surface area contributed by atoms with Crippen molar-refractivity contribution in [2.75, 3.05) is 0 Å². The van der Waals surface area contributed by atoms with Gasteiger partial charge in [-0.15, -0.1) is 21.5 Å². The molecule has 0 saturated heterocycles. The summed E-state index contributed by atoms with van der Waals surface area (Å²) in [6.07, 6.45) is 2.01. The van der Waals surface area contributed by atoms with E-state index in [4.69, 9.17) is 0 Å². The molecule has 0 aliphatic heterocycles. The van der Waals surface area contributed by atoms with Crippen LogP contribution in [0.25, 0.3) is 0 Å². The highest BCUT2D eigenvalue weighted by atomic mass is 32.1. The van der Waals surface area contributed by atoms with Crippen LogP contribution in [0, 0.1) is 6.92 Å². The van der Waals surface area contributed by atoms with Crippen molar-refractivity contribution in [1.29, 1.82) is 0 Å². The minimum atomic E-state index is 0.486. The lowest BCUT2D eigenvalue weighted by Gasteiger charge is -2.03. The quantitative estimate of drug-likeness (QED) is 0.880. The molecule has 102 valence electrons. The minimum Gasteiger partial charge on any atom is -0.308 e. The van der Waals surface area contributed by atoms with Gasteiger partial charge in [0.2, 0.25) is 0 Å². The molecule has 1 aromatic carbocycles. The fraction of sp³-hybridized carbons (Fsp3) is 0.467. The summed E-state index contributed by atoms with van der Waals surface area (Å²) in [5.74, 6) is 0. The first kappa shape index (κ1) is 14.2. The van der Waals surface area contributed by atoms with E-state index in [9.17, 15) is 0 Å². The normalized spacial score (nSPS) is 11.2. The highest BCUT2D eigenvalue weighted by Gasteiger charge is 2.05. The van der Waals surface area contributed by atoms with Gasteiger partial charge in [-0.05, 0) is 18.9 Å². The highest BCUT2D eigenvalue weighted by molar-refractivity contribution is 7.11. The molecular weight excluding hydrogens is 254 g/mol. The van der Waals surface area contributed by atoms with Crippen molar-refractivity contribution in [3.05, 3.63) is 45.4 Å². The van der Waals surface area contributed by atoms with Gasteiger partial charge < -0.3 is 5.32 Å². The summed E-state index contributed by atoms with van der Waals surface area (Å²) < 4.78 is 0. The Morgan fingerprint density at radius 2 is 1.95 bits per heavy atom. The first-order chi connectivity index (χ1) is 9.13. The van der Waals surface area contributed by atoms with E-state index in [2.05, 4.69) is 60.6 Å². The number of nitrogens with one attached hydrogen (secondary N) is 1. The predicted octanol–water partition coefficient (Wildman–Crippen LogP) is 3.13. The lowest BCUT2D eigenvalue weighted by molar-refractivity contribution is 0.584. The van der Waals surface area contributed by atoms with Crippen molar-refractivity contribution >= 4 is 11.3 Å². The van der Waals surface area contributed by atoms with Crippen LogP contribution in [-0.4, -0.2) is 16.2 Å². The Balaban J connectivity index is 1.86. The Bertz CT molecular complexity index is 520. The smallest absolute Gasteiger partial charge is 0.131 e. The first-order valence-corrected chi connectivity index (χ1v) is 7.55. The molecule has 0 fully saturated rings. The molecule has 0 atom stereocenters. The van der Waals surface area contributed by atoms with E-state index >= 15 is 0 Å². The molecule has 0 amide bonds. The van der Waals surface area contributed by atoms with Crippen LogP contribution in [0.1, 0.15) is 35.0 Å². The van der Waals surface area contributed by atoms with Gasteiger partial charge >= 0.3 is 0 Å². The van der Waals surface area contributed by atoms with Crippen LogP contribution >= 0.6 is 11.3 Å². The van der Waals surface area contributed by atoms with Gasteiger partial charge in [0.15, 0.2) is 0 Å². The summed E-state index contributed by atoms with van der Waals surface area (Å²) in [5.41, 5.74) is 2.69. The molecule has 4 heteroatoms. The van der Waals surface area contributed by atoms with Crippen molar-refractivity contribution in [3.63, 3.8) is 0 Å². The minimum absolute atomic E-state index is 0.486. The predicted molar refractivity (Wildman–Crippen MR) is 80.5 cm³/mol. The van der Waals surface area contributed by atoms with E-state index in [0.717, 1.165) is 29.4 Å². The third-order valence-electron chi connectivity index (χ3n) is 2.88. The number of hydrogen-bond donors (Lipinski definition) is 1. The number of benzene rings is 1. The highest BCUT2D eigenvalue weighted by Crippen LogP contribution is 2.13. The summed E-state index contributed by atoms with van der Waals surface area (Å²) >= 11 is 1.71. The summed E-state index contributed by atoms with van der Waals surface area (Å²) in [6.45, 7) is 7.23. The van der Waals surface area contributed by atoms with Crippen LogP contribution in [0.4, 0.5) is 0 Å². The van der Waals surface area contributed by atoms with Gasteiger partial charge in [0, 0.05) is 19.0 Å². The molecule has 0 saturated carbocycles. The fourth-order valence-corrected chi connectivity index (χ4v) is 2.67. The van der Waals surface area contributed by atoms with Gasteiger partial charge in [0.25, 0.3) is 0 Å². The van der Waals surface area contributed by atoms with Crippen LogP contribution in [0.15, 0.2) is 24.3 Å². The average Bonchev–Trinajstić information content (AvgIpc) is 2.82. The molecule has 0 radical (unpaired) electrons. The maximum atomic E-state index is 4.26. The number of rotatable bonds is 6. The maximum Gasteiger partial charge on any atom is 0.131 e. The monoisotopic (exact) mass is 275 g/mol. The molecule has 1 aromatic heterocycles. The molecule has 0 bridgehead atoms. The van der Waals surface area contributed by atoms with Crippen LogP contribution in [0.3, 0.4) is 0 Å². The summed E-state index contributed by atoms with van der Waals surface area (Å²) in [5, 5.41) is 14.1. The average molecular weight is 275 g/mol. The van der Waals surface area contributed by atoms with E-state index in [-0.39, 0.29) is 0 Å². The van der Waals surface area contributed by atoms with Gasteiger partial charge in [-0.2, -0.15) is 0 Å². The third-order valence-corrected chi connectivity index (χ3v) is 3.86. The Kier molecular flexibility index (Phi) is 5.05. The Morgan fingerprint density at radius 3 is 2.68 bits per heavy atom. The molecule has 0 unspecified atom stereocenters. The van der Waals surface area contributed by atoms with Crippen molar-refractivity contribution in [3.8, 4) is 0 Å². The van der Waals surface area contributed by atoms with Crippen molar-refractivity contribution < 1.29 is 0 Å². The standard InChI is InChI=1S/C15H21N3S/c1-11(2)16-10-15-18-17-14(19-15)8-7-13-6-4-5-12(3)9-13/h4-6,9,11,16H,7-8,10H2,1-3H3. The van der Waals surface area contributed by atoms with Crippen LogP contribution in [0.2, 0.25) is 0 Å². The molecule has 2 rings (SSSR count). The van der Waals surface area contributed by atoms with Gasteiger partial charge in [-0.25, -0.2) is 0 Å². The molecule has 2 aromatic rings. The maximum absolute atomic E-state index is 4.26. The van der Waals surface area contributed by atoms with Crippen LogP contribution < -0.4 is 5.32 Å². The van der Waals surface area contributed by atoms with Crippen LogP contribution in [-0.2, 0) is 19.4 Å². The second-order valence-corrected chi connectivity index (χ2v) is 6.26. The van der Waals surface area contributed by atoms with E-state index in [1.165, 1.54) is 11.1 Å². The van der Waals surface area contributed by atoms with Gasteiger partial charge in [-0.1, -0.05) is 43.7 Å². The van der Waals surface area contributed by atoms with Crippen LogP contribution in [0.5, 0.6) is 0 Å². The zero-order valence-electron chi connectivity index (χ0n) is 11.8. The molecule has 19 heavy (non-hydrogen) atoms. The van der Waals surface area contributed by atoms with Crippen molar-refractivity contribution in [2.45, 2.75) is 46.2 Å². The second-order valence-electron chi connectivity index (χ2n) is 5.11. The molecule has 1 heterocycles. The molecule has 0 aliphatic rings. The van der Waals surface area contributed by atoms with E-state index < -0.39 is 0 Å². The second kappa shape index (κ2) is 6.78. The van der Waals surface area contributed by atoms with E-state index in [1.54, 1.807) is 11.3 Å². The Hall–Kier alpha value is -1.26. The lowest BCUT2D eigenvalue weighted by Crippen LogP contribution is -2.21. The zero-order chi connectivity index (χ0) is 13.7.